The van der Waals surface area contributed by atoms with E-state index in [4.69, 9.17) is 5.53 Å². The molecule has 0 unspecified atom stereocenters. The highest BCUT2D eigenvalue weighted by atomic mass is 16.6. The van der Waals surface area contributed by atoms with Crippen molar-refractivity contribution in [2.45, 2.75) is 0 Å². The molecule has 0 bridgehead atoms. The summed E-state index contributed by atoms with van der Waals surface area (Å²) in [7, 11) is 1.26. The summed E-state index contributed by atoms with van der Waals surface area (Å²) >= 11 is 0. The predicted octanol–water partition coefficient (Wildman–Crippen LogP) is 4.62. The number of hydrogen-bond acceptors (Lipinski definition) is 3. The lowest BCUT2D eigenvalue weighted by Gasteiger charge is -1.74. The van der Waals surface area contributed by atoms with Gasteiger partial charge in [0.15, 0.2) is 0 Å². The lowest BCUT2D eigenvalue weighted by molar-refractivity contribution is 0.185. The Morgan fingerprint density at radius 3 is 0.846 bits per heavy atom. The minimum absolute atomic E-state index is 1.26. The molecule has 0 aliphatic heterocycles. The van der Waals surface area contributed by atoms with Gasteiger partial charge < -0.3 is 4.84 Å². The lowest BCUT2D eigenvalue weighted by Crippen LogP contribution is -1.59. The molecule has 0 aliphatic rings. The van der Waals surface area contributed by atoms with Crippen molar-refractivity contribution < 1.29 is 4.84 Å². The number of nitrogens with zero attached hydrogens (tertiary/aromatic N) is 23. The van der Waals surface area contributed by atoms with Crippen molar-refractivity contribution >= 4 is 0 Å². The molecule has 0 saturated heterocycles. The molecule has 0 saturated carbocycles. The van der Waals surface area contributed by atoms with Crippen LogP contribution in [0, 0.1) is 5.53 Å². The van der Waals surface area contributed by atoms with Crippen LogP contribution >= 0.6 is 0 Å². The lowest BCUT2D eigenvalue weighted by atomic mass is 11.7. The molecular formula is CH4N24O. The summed E-state index contributed by atoms with van der Waals surface area (Å²) < 4.78 is 0. The largest absolute Gasteiger partial charge is 0.381 e. The fourth-order valence-corrected chi connectivity index (χ4v) is 0.413. The summed E-state index contributed by atoms with van der Waals surface area (Å²) in [6.45, 7) is 0. The van der Waals surface area contributed by atoms with E-state index in [1.165, 1.54) is 7.11 Å². The smallest absolute Gasteiger partial charge is 0.108 e. The van der Waals surface area contributed by atoms with Crippen molar-refractivity contribution in [1.29, 1.82) is 5.53 Å². The van der Waals surface area contributed by atoms with Gasteiger partial charge in [-0.3, -0.25) is 0 Å². The van der Waals surface area contributed by atoms with E-state index < -0.39 is 0 Å². The Balaban J connectivity index is 3.92. The van der Waals surface area contributed by atoms with Crippen LogP contribution in [0.1, 0.15) is 0 Å². The topological polar surface area (TPSA) is 317 Å². The molecule has 0 amide bonds. The molecule has 25 nitrogen and oxygen atoms in total. The van der Waals surface area contributed by atoms with E-state index in [2.05, 4.69) is 125 Å². The van der Waals surface area contributed by atoms with E-state index in [0.29, 0.717) is 0 Å². The molecule has 26 heavy (non-hydrogen) atoms. The monoisotopic (exact) mass is 368 g/mol. The third kappa shape index (κ3) is 19.0. The van der Waals surface area contributed by atoms with E-state index in [-0.39, 0.29) is 0 Å². The van der Waals surface area contributed by atoms with Crippen LogP contribution in [0.25, 0.3) is 0 Å². The first-order valence-corrected chi connectivity index (χ1v) is 5.21. The molecule has 0 aromatic carbocycles. The maximum atomic E-state index is 6.22. The van der Waals surface area contributed by atoms with Crippen LogP contribution in [0.5, 0.6) is 0 Å². The van der Waals surface area contributed by atoms with E-state index in [0.717, 1.165) is 0 Å². The van der Waals surface area contributed by atoms with Crippen LogP contribution in [0.2, 0.25) is 0 Å². The quantitative estimate of drug-likeness (QED) is 0.373. The maximum Gasteiger partial charge on any atom is 0.108 e. The van der Waals surface area contributed by atoms with Gasteiger partial charge in [0.2, 0.25) is 0 Å². The maximum absolute atomic E-state index is 6.22. The summed E-state index contributed by atoms with van der Waals surface area (Å²) in [5.41, 5.74) is 6.22. The Labute approximate surface area is 139 Å². The zero-order chi connectivity index (χ0) is 19.0. The van der Waals surface area contributed by atoms with Gasteiger partial charge in [0.1, 0.15) is 7.11 Å². The molecule has 0 spiro atoms. The molecule has 0 fully saturated rings. The molecule has 0 radical (unpaired) electrons. The summed E-state index contributed by atoms with van der Waals surface area (Å²) in [6, 6.07) is 0. The first kappa shape index (κ1) is 21.0. The fourth-order valence-electron chi connectivity index (χ4n) is 0.413. The molecule has 0 aromatic heterocycles. The van der Waals surface area contributed by atoms with Gasteiger partial charge in [-0.2, -0.15) is 5.53 Å². The Kier molecular flexibility index (Phi) is 16.2. The van der Waals surface area contributed by atoms with Gasteiger partial charge in [0.05, 0.1) is 0 Å². The van der Waals surface area contributed by atoms with Gasteiger partial charge in [-0.1, -0.05) is 0 Å². The molecule has 25 heteroatoms. The summed E-state index contributed by atoms with van der Waals surface area (Å²) in [6.07, 6.45) is 0. The van der Waals surface area contributed by atoms with Gasteiger partial charge >= 0.3 is 0 Å². The SMILES string of the molecule is CON=NN=NN=NN=NN=NN=NN=NN=NN=NN=NN=NN=N. The van der Waals surface area contributed by atoms with Crippen molar-refractivity contribution in [2.24, 2.45) is 120 Å². The van der Waals surface area contributed by atoms with E-state index in [1.54, 1.807) is 0 Å². The Morgan fingerprint density at radius 2 is 0.615 bits per heavy atom. The number of rotatable bonds is 12. The minimum atomic E-state index is 1.26. The van der Waals surface area contributed by atoms with Crippen LogP contribution in [0.4, 0.5) is 0 Å². The third-order valence-electron chi connectivity index (χ3n) is 0.963. The second kappa shape index (κ2) is 20.0. The summed E-state index contributed by atoms with van der Waals surface area (Å²) in [5, 5.41) is 67.8. The number of hydrogen-bond donors (Lipinski definition) is 1. The molecule has 134 valence electrons. The highest BCUT2D eigenvalue weighted by Gasteiger charge is 1.72. The average Bonchev–Trinajstić information content (AvgIpc) is 2.66. The van der Waals surface area contributed by atoms with Gasteiger partial charge in [-0.25, -0.2) is 0 Å². The van der Waals surface area contributed by atoms with Crippen LogP contribution < -0.4 is 0 Å². The van der Waals surface area contributed by atoms with Crippen LogP contribution in [0.3, 0.4) is 0 Å². The van der Waals surface area contributed by atoms with Gasteiger partial charge in [-0.05, 0) is 41.8 Å². The molecule has 0 heterocycles. The molecule has 0 aromatic rings. The minimum Gasteiger partial charge on any atom is -0.381 e. The normalized spacial score (nSPS) is 14.3. The van der Waals surface area contributed by atoms with Crippen molar-refractivity contribution in [1.82, 2.24) is 0 Å². The first-order valence-electron chi connectivity index (χ1n) is 5.21. The second-order valence-corrected chi connectivity index (χ2v) is 2.24. The zero-order valence-electron chi connectivity index (χ0n) is 12.2. The van der Waals surface area contributed by atoms with Crippen LogP contribution in [0.15, 0.2) is 120 Å². The Morgan fingerprint density at radius 1 is 0.385 bits per heavy atom. The van der Waals surface area contributed by atoms with E-state index in [1.807, 2.05) is 0 Å². The highest BCUT2D eigenvalue weighted by molar-refractivity contribution is 4.14. The van der Waals surface area contributed by atoms with Crippen molar-refractivity contribution in [3.05, 3.63) is 0 Å². The number of nitrogens with one attached hydrogen (secondary N) is 1. The zero-order valence-corrected chi connectivity index (χ0v) is 12.2. The predicted molar refractivity (Wildman–Crippen MR) is 65.6 cm³/mol. The molecule has 1 N–H and O–H groups in total. The molecule has 0 atom stereocenters. The average molecular weight is 368 g/mol. The van der Waals surface area contributed by atoms with Crippen molar-refractivity contribution in [2.75, 3.05) is 7.11 Å². The highest BCUT2D eigenvalue weighted by Crippen LogP contribution is 1.90. The molecule has 0 aliphatic carbocycles. The van der Waals surface area contributed by atoms with Crippen molar-refractivity contribution in [3.8, 4) is 0 Å². The molecular weight excluding hydrogens is 364 g/mol. The van der Waals surface area contributed by atoms with Crippen molar-refractivity contribution in [3.63, 3.8) is 0 Å². The first-order chi connectivity index (χ1) is 12.9. The second-order valence-electron chi connectivity index (χ2n) is 2.24. The van der Waals surface area contributed by atoms with Gasteiger partial charge in [-0.15, -0.1) is 0 Å². The molecule has 0 rings (SSSR count). The Hall–Kier alpha value is -5.00. The van der Waals surface area contributed by atoms with E-state index in [9.17, 15) is 0 Å². The van der Waals surface area contributed by atoms with Crippen LogP contribution in [-0.2, 0) is 4.84 Å². The van der Waals surface area contributed by atoms with Gasteiger partial charge in [0.25, 0.3) is 0 Å². The van der Waals surface area contributed by atoms with Gasteiger partial charge in [0, 0.05) is 78.4 Å². The standard InChI is InChI=1S/CH4N24O/c1-26-25-24-23-22-21-20-19-18-17-16-15-14-13-12-11-10-9-8-7-6-5-4-3-2/h2H,1H3. The Bertz CT molecular complexity index is 660. The third-order valence-corrected chi connectivity index (χ3v) is 0.963. The summed E-state index contributed by atoms with van der Waals surface area (Å²) in [5.74, 6) is 0. The van der Waals surface area contributed by atoms with Crippen LogP contribution in [-0.4, -0.2) is 7.11 Å². The summed E-state index contributed by atoms with van der Waals surface area (Å²) in [4.78, 5) is 4.17. The van der Waals surface area contributed by atoms with E-state index >= 15 is 0 Å². The fraction of sp³-hybridized carbons (Fsp3) is 1.00.